The van der Waals surface area contributed by atoms with Gasteiger partial charge in [-0.05, 0) is 58.7 Å². The summed E-state index contributed by atoms with van der Waals surface area (Å²) in [7, 11) is 0. The molecule has 0 heterocycles. The zero-order valence-electron chi connectivity index (χ0n) is 10.0. The Balaban J connectivity index is 2.25. The van der Waals surface area contributed by atoms with Gasteiger partial charge in [0.1, 0.15) is 11.6 Å². The van der Waals surface area contributed by atoms with E-state index in [0.29, 0.717) is 15.7 Å². The Hall–Kier alpha value is -1.75. The van der Waals surface area contributed by atoms with E-state index in [1.807, 2.05) is 0 Å². The lowest BCUT2D eigenvalue weighted by molar-refractivity contribution is 0.102. The molecule has 2 nitrogen and oxygen atoms in total. The van der Waals surface area contributed by atoms with Gasteiger partial charge in [-0.1, -0.05) is 6.07 Å². The first-order valence-electron chi connectivity index (χ1n) is 5.50. The molecular formula is C14H10BrF2NO. The summed E-state index contributed by atoms with van der Waals surface area (Å²) >= 11 is 3.20. The van der Waals surface area contributed by atoms with E-state index in [1.54, 1.807) is 6.92 Å². The molecular weight excluding hydrogens is 316 g/mol. The molecule has 2 aromatic carbocycles. The number of benzene rings is 2. The van der Waals surface area contributed by atoms with Crippen LogP contribution in [0.2, 0.25) is 0 Å². The second-order valence-electron chi connectivity index (χ2n) is 4.04. The van der Waals surface area contributed by atoms with E-state index in [2.05, 4.69) is 21.2 Å². The number of amides is 1. The van der Waals surface area contributed by atoms with Crippen molar-refractivity contribution in [3.63, 3.8) is 0 Å². The fourth-order valence-corrected chi connectivity index (χ4v) is 1.87. The second-order valence-corrected chi connectivity index (χ2v) is 4.90. The molecule has 2 aromatic rings. The molecule has 0 aliphatic heterocycles. The van der Waals surface area contributed by atoms with Crippen molar-refractivity contribution in [1.29, 1.82) is 0 Å². The van der Waals surface area contributed by atoms with Gasteiger partial charge in [-0.3, -0.25) is 4.79 Å². The number of aryl methyl sites for hydroxylation is 1. The van der Waals surface area contributed by atoms with Crippen LogP contribution in [-0.4, -0.2) is 5.91 Å². The highest BCUT2D eigenvalue weighted by Crippen LogP contribution is 2.23. The van der Waals surface area contributed by atoms with Crippen molar-refractivity contribution >= 4 is 27.5 Å². The lowest BCUT2D eigenvalue weighted by Gasteiger charge is -2.08. The van der Waals surface area contributed by atoms with Crippen molar-refractivity contribution in [3.05, 3.63) is 63.6 Å². The Bertz CT molecular complexity index is 643. The Labute approximate surface area is 117 Å². The van der Waals surface area contributed by atoms with Crippen LogP contribution in [0.25, 0.3) is 0 Å². The van der Waals surface area contributed by atoms with Gasteiger partial charge in [0, 0.05) is 10.0 Å². The molecule has 0 atom stereocenters. The van der Waals surface area contributed by atoms with E-state index in [1.165, 1.54) is 30.3 Å². The van der Waals surface area contributed by atoms with Crippen LogP contribution < -0.4 is 5.32 Å². The van der Waals surface area contributed by atoms with E-state index in [9.17, 15) is 13.6 Å². The van der Waals surface area contributed by atoms with Crippen LogP contribution in [0.5, 0.6) is 0 Å². The third kappa shape index (κ3) is 3.17. The molecule has 0 bridgehead atoms. The normalized spacial score (nSPS) is 10.3. The molecule has 98 valence electrons. The number of carbonyl (C=O) groups is 1. The number of carbonyl (C=O) groups excluding carboxylic acids is 1. The molecule has 5 heteroatoms. The van der Waals surface area contributed by atoms with Crippen LogP contribution in [0.1, 0.15) is 15.9 Å². The maximum absolute atomic E-state index is 13.4. The molecule has 0 saturated carbocycles. The van der Waals surface area contributed by atoms with E-state index < -0.39 is 17.5 Å². The molecule has 1 N–H and O–H groups in total. The average Bonchev–Trinajstić information content (AvgIpc) is 2.37. The topological polar surface area (TPSA) is 29.1 Å². The van der Waals surface area contributed by atoms with Crippen LogP contribution in [0.4, 0.5) is 14.5 Å². The SMILES string of the molecule is Cc1ccc(C(=O)Nc2cc(F)ccc2Br)cc1F. The van der Waals surface area contributed by atoms with Crippen molar-refractivity contribution in [2.24, 2.45) is 0 Å². The third-order valence-electron chi connectivity index (χ3n) is 2.61. The fraction of sp³-hybridized carbons (Fsp3) is 0.0714. The van der Waals surface area contributed by atoms with Gasteiger partial charge in [-0.15, -0.1) is 0 Å². The Morgan fingerprint density at radius 2 is 1.89 bits per heavy atom. The van der Waals surface area contributed by atoms with Crippen LogP contribution >= 0.6 is 15.9 Å². The number of hydrogen-bond donors (Lipinski definition) is 1. The largest absolute Gasteiger partial charge is 0.321 e. The van der Waals surface area contributed by atoms with Gasteiger partial charge in [0.25, 0.3) is 5.91 Å². The van der Waals surface area contributed by atoms with E-state index in [4.69, 9.17) is 0 Å². The predicted octanol–water partition coefficient (Wildman–Crippen LogP) is 4.29. The summed E-state index contributed by atoms with van der Waals surface area (Å²) in [5, 5.41) is 2.52. The average molecular weight is 326 g/mol. The Morgan fingerprint density at radius 1 is 1.16 bits per heavy atom. The third-order valence-corrected chi connectivity index (χ3v) is 3.30. The van der Waals surface area contributed by atoms with E-state index >= 15 is 0 Å². The first-order chi connectivity index (χ1) is 8.97. The lowest BCUT2D eigenvalue weighted by Crippen LogP contribution is -2.12. The van der Waals surface area contributed by atoms with E-state index in [-0.39, 0.29) is 5.56 Å². The molecule has 0 aliphatic rings. The summed E-state index contributed by atoms with van der Waals surface area (Å²) in [6.45, 7) is 1.61. The van der Waals surface area contributed by atoms with Gasteiger partial charge >= 0.3 is 0 Å². The predicted molar refractivity (Wildman–Crippen MR) is 73.2 cm³/mol. The van der Waals surface area contributed by atoms with Crippen LogP contribution in [0.15, 0.2) is 40.9 Å². The van der Waals surface area contributed by atoms with Crippen molar-refractivity contribution in [2.45, 2.75) is 6.92 Å². The lowest BCUT2D eigenvalue weighted by atomic mass is 10.1. The quantitative estimate of drug-likeness (QED) is 0.876. The smallest absolute Gasteiger partial charge is 0.255 e. The molecule has 0 aliphatic carbocycles. The van der Waals surface area contributed by atoms with Gasteiger partial charge < -0.3 is 5.32 Å². The van der Waals surface area contributed by atoms with Crippen LogP contribution in [-0.2, 0) is 0 Å². The molecule has 0 saturated heterocycles. The van der Waals surface area contributed by atoms with Crippen LogP contribution in [0.3, 0.4) is 0 Å². The summed E-state index contributed by atoms with van der Waals surface area (Å²) in [5.74, 6) is -1.41. The summed E-state index contributed by atoms with van der Waals surface area (Å²) in [6.07, 6.45) is 0. The summed E-state index contributed by atoms with van der Waals surface area (Å²) in [5.41, 5.74) is 0.939. The summed E-state index contributed by atoms with van der Waals surface area (Å²) in [4.78, 5) is 11.9. The maximum atomic E-state index is 13.4. The molecule has 0 unspecified atom stereocenters. The standard InChI is InChI=1S/C14H10BrF2NO/c1-8-2-3-9(6-12(8)17)14(19)18-13-7-10(16)4-5-11(13)15/h2-7H,1H3,(H,18,19). The molecule has 2 rings (SSSR count). The monoisotopic (exact) mass is 325 g/mol. The van der Waals surface area contributed by atoms with E-state index in [0.717, 1.165) is 6.07 Å². The van der Waals surface area contributed by atoms with Crippen molar-refractivity contribution in [2.75, 3.05) is 5.32 Å². The molecule has 0 aromatic heterocycles. The van der Waals surface area contributed by atoms with Gasteiger partial charge in [-0.2, -0.15) is 0 Å². The van der Waals surface area contributed by atoms with Crippen molar-refractivity contribution < 1.29 is 13.6 Å². The van der Waals surface area contributed by atoms with Gasteiger partial charge in [0.15, 0.2) is 0 Å². The van der Waals surface area contributed by atoms with Crippen molar-refractivity contribution in [3.8, 4) is 0 Å². The maximum Gasteiger partial charge on any atom is 0.255 e. The summed E-state index contributed by atoms with van der Waals surface area (Å²) < 4.78 is 27.0. The van der Waals surface area contributed by atoms with Gasteiger partial charge in [0.2, 0.25) is 0 Å². The highest BCUT2D eigenvalue weighted by molar-refractivity contribution is 9.10. The zero-order chi connectivity index (χ0) is 14.0. The molecule has 0 fully saturated rings. The number of rotatable bonds is 2. The highest BCUT2D eigenvalue weighted by atomic mass is 79.9. The highest BCUT2D eigenvalue weighted by Gasteiger charge is 2.10. The van der Waals surface area contributed by atoms with Crippen molar-refractivity contribution in [1.82, 2.24) is 0 Å². The second kappa shape index (κ2) is 5.48. The minimum atomic E-state index is -0.495. The number of anilines is 1. The minimum Gasteiger partial charge on any atom is -0.321 e. The first kappa shape index (κ1) is 13.7. The summed E-state index contributed by atoms with van der Waals surface area (Å²) in [6, 6.07) is 8.13. The fourth-order valence-electron chi connectivity index (χ4n) is 1.52. The Kier molecular flexibility index (Phi) is 3.95. The Morgan fingerprint density at radius 3 is 2.58 bits per heavy atom. The molecule has 1 amide bonds. The molecule has 0 radical (unpaired) electrons. The van der Waals surface area contributed by atoms with Crippen LogP contribution in [0, 0.1) is 18.6 Å². The van der Waals surface area contributed by atoms with Gasteiger partial charge in [-0.25, -0.2) is 8.78 Å². The van der Waals surface area contributed by atoms with Gasteiger partial charge in [0.05, 0.1) is 5.69 Å². The number of halogens is 3. The minimum absolute atomic E-state index is 0.180. The molecule has 0 spiro atoms. The number of nitrogens with one attached hydrogen (secondary N) is 1. The molecule has 19 heavy (non-hydrogen) atoms. The number of hydrogen-bond acceptors (Lipinski definition) is 1. The first-order valence-corrected chi connectivity index (χ1v) is 6.29. The zero-order valence-corrected chi connectivity index (χ0v) is 11.6.